The summed E-state index contributed by atoms with van der Waals surface area (Å²) in [6.07, 6.45) is 7.97. The molecule has 0 unspecified atom stereocenters. The highest BCUT2D eigenvalue weighted by Crippen LogP contribution is 2.47. The lowest BCUT2D eigenvalue weighted by Gasteiger charge is -2.47. The van der Waals surface area contributed by atoms with Crippen molar-refractivity contribution < 1.29 is 32.2 Å². The van der Waals surface area contributed by atoms with Gasteiger partial charge in [0.05, 0.1) is 36.9 Å². The van der Waals surface area contributed by atoms with E-state index in [-0.39, 0.29) is 34.8 Å². The van der Waals surface area contributed by atoms with Gasteiger partial charge in [0.1, 0.15) is 11.4 Å². The lowest BCUT2D eigenvalue weighted by Crippen LogP contribution is -2.52. The fourth-order valence-electron chi connectivity index (χ4n) is 7.46. The minimum atomic E-state index is -4.23. The van der Waals surface area contributed by atoms with Crippen molar-refractivity contribution in [3.8, 4) is 5.75 Å². The SMILES string of the molecule is COC(=O)N(C)[C@H]1/C=C/COC(C)(C)C(=O)NS(=O)(=O)c2ccc3c(c2)N(C[C@@H]2CC[C@H]21)C[C@@]1(CCCc2cc(Cl)ccc21)CO3. The number of nitrogens with one attached hydrogen (secondary N) is 1. The van der Waals surface area contributed by atoms with E-state index in [0.29, 0.717) is 36.2 Å². The van der Waals surface area contributed by atoms with Crippen LogP contribution >= 0.6 is 11.6 Å². The van der Waals surface area contributed by atoms with Gasteiger partial charge in [-0.25, -0.2) is 17.9 Å². The summed E-state index contributed by atoms with van der Waals surface area (Å²) in [5.74, 6) is 0.127. The number of likely N-dealkylation sites (N-methyl/N-ethyl adjacent to an activating group) is 1. The average molecular weight is 672 g/mol. The number of methoxy groups -OCH3 is 1. The van der Waals surface area contributed by atoms with Gasteiger partial charge in [-0.3, -0.25) is 4.79 Å². The molecule has 10 nitrogen and oxygen atoms in total. The molecule has 2 aromatic rings. The van der Waals surface area contributed by atoms with Crippen LogP contribution in [0.5, 0.6) is 5.75 Å². The molecule has 4 atom stereocenters. The maximum absolute atomic E-state index is 13.6. The Bertz CT molecular complexity index is 1660. The number of hydrogen-bond acceptors (Lipinski definition) is 8. The number of aryl methyl sites for hydroxylation is 1. The standard InChI is InChI=1S/C34H42ClN3O7S/c1-33(2)31(39)36-46(41,42)25-11-14-30-29(18-25)38(20-34(21-44-30)15-5-7-22-17-24(35)10-13-27(22)34)19-23-9-12-26(23)28(8-6-16-45-33)37(3)32(40)43-4/h6,8,10-11,13-14,17-18,23,26,28H,5,7,9,12,15-16,19-21H2,1-4H3,(H,36,39)/b8-6+/t23-,26+,28-,34-/m0/s1. The maximum atomic E-state index is 13.6. The topological polar surface area (TPSA) is 114 Å². The van der Waals surface area contributed by atoms with E-state index in [1.54, 1.807) is 30.2 Å². The number of halogens is 1. The average Bonchev–Trinajstić information content (AvgIpc) is 3.16. The first-order valence-electron chi connectivity index (χ1n) is 15.8. The highest BCUT2D eigenvalue weighted by Gasteiger charge is 2.45. The lowest BCUT2D eigenvalue weighted by atomic mass is 9.67. The number of anilines is 1. The van der Waals surface area contributed by atoms with E-state index >= 15 is 0 Å². The number of sulfonamides is 1. The van der Waals surface area contributed by atoms with Crippen LogP contribution in [0, 0.1) is 11.8 Å². The molecular formula is C34H42ClN3O7S. The van der Waals surface area contributed by atoms with E-state index in [1.165, 1.54) is 38.2 Å². The summed E-state index contributed by atoms with van der Waals surface area (Å²) < 4.78 is 46.8. The van der Waals surface area contributed by atoms with Crippen LogP contribution in [0.15, 0.2) is 53.4 Å². The molecule has 0 radical (unpaired) electrons. The first-order valence-corrected chi connectivity index (χ1v) is 17.7. The van der Waals surface area contributed by atoms with Crippen molar-refractivity contribution in [3.63, 3.8) is 0 Å². The molecule has 1 spiro atoms. The fraction of sp³-hybridized carbons (Fsp3) is 0.529. The molecule has 12 heteroatoms. The lowest BCUT2D eigenvalue weighted by molar-refractivity contribution is -0.139. The molecule has 248 valence electrons. The smallest absolute Gasteiger partial charge is 0.409 e. The van der Waals surface area contributed by atoms with Crippen molar-refractivity contribution in [3.05, 3.63) is 64.7 Å². The van der Waals surface area contributed by atoms with E-state index in [1.807, 2.05) is 18.2 Å². The van der Waals surface area contributed by atoms with Crippen molar-refractivity contribution >= 4 is 39.3 Å². The van der Waals surface area contributed by atoms with Gasteiger partial charge >= 0.3 is 6.09 Å². The first kappa shape index (κ1) is 32.7. The zero-order valence-corrected chi connectivity index (χ0v) is 28.3. The van der Waals surface area contributed by atoms with Crippen LogP contribution in [0.1, 0.15) is 50.7 Å². The summed E-state index contributed by atoms with van der Waals surface area (Å²) >= 11 is 6.41. The van der Waals surface area contributed by atoms with Crippen molar-refractivity contribution in [2.45, 2.75) is 67.9 Å². The summed E-state index contributed by atoms with van der Waals surface area (Å²) in [7, 11) is -1.12. The van der Waals surface area contributed by atoms with Crippen molar-refractivity contribution in [2.75, 3.05) is 45.4 Å². The molecule has 0 aromatic heterocycles. The van der Waals surface area contributed by atoms with Crippen LogP contribution in [0.3, 0.4) is 0 Å². The number of hydrogen-bond donors (Lipinski definition) is 1. The summed E-state index contributed by atoms with van der Waals surface area (Å²) in [5, 5.41) is 0.704. The Morgan fingerprint density at radius 2 is 1.98 bits per heavy atom. The number of carbonyl (C=O) groups excluding carboxylic acids is 2. The van der Waals surface area contributed by atoms with Gasteiger partial charge in [-0.1, -0.05) is 29.8 Å². The number of rotatable bonds is 1. The third kappa shape index (κ3) is 6.09. The second kappa shape index (κ2) is 12.4. The van der Waals surface area contributed by atoms with Crippen LogP contribution in [0.2, 0.25) is 5.02 Å². The zero-order valence-electron chi connectivity index (χ0n) is 26.8. The number of nitrogens with zero attached hydrogens (tertiary/aromatic N) is 2. The van der Waals surface area contributed by atoms with E-state index < -0.39 is 27.6 Å². The second-order valence-electron chi connectivity index (χ2n) is 13.5. The Morgan fingerprint density at radius 1 is 1.17 bits per heavy atom. The van der Waals surface area contributed by atoms with Gasteiger partial charge in [-0.2, -0.15) is 0 Å². The van der Waals surface area contributed by atoms with Crippen molar-refractivity contribution in [2.24, 2.45) is 11.8 Å². The van der Waals surface area contributed by atoms with Gasteiger partial charge in [0.2, 0.25) is 0 Å². The molecule has 2 heterocycles. The van der Waals surface area contributed by atoms with Gasteiger partial charge in [0.25, 0.3) is 15.9 Å². The minimum Gasteiger partial charge on any atom is -0.490 e. The van der Waals surface area contributed by atoms with E-state index in [4.69, 9.17) is 25.8 Å². The Balaban J connectivity index is 1.45. The van der Waals surface area contributed by atoms with Crippen LogP contribution < -0.4 is 14.4 Å². The third-order valence-corrected chi connectivity index (χ3v) is 11.8. The molecule has 46 heavy (non-hydrogen) atoms. The molecule has 4 aliphatic rings. The molecule has 1 N–H and O–H groups in total. The molecule has 2 bridgehead atoms. The van der Waals surface area contributed by atoms with Gasteiger partial charge in [-0.05, 0) is 99.2 Å². The normalized spacial score (nSPS) is 29.1. The molecule has 2 amide bonds. The zero-order chi connectivity index (χ0) is 32.9. The predicted octanol–water partition coefficient (Wildman–Crippen LogP) is 5.08. The third-order valence-electron chi connectivity index (χ3n) is 10.2. The largest absolute Gasteiger partial charge is 0.490 e. The summed E-state index contributed by atoms with van der Waals surface area (Å²) in [5.41, 5.74) is 1.30. The molecular weight excluding hydrogens is 630 g/mol. The molecule has 1 saturated carbocycles. The van der Waals surface area contributed by atoms with E-state index in [0.717, 1.165) is 32.1 Å². The van der Waals surface area contributed by atoms with Gasteiger partial charge in [-0.15, -0.1) is 0 Å². The fourth-order valence-corrected chi connectivity index (χ4v) is 8.78. The summed E-state index contributed by atoms with van der Waals surface area (Å²) in [6.45, 7) is 4.78. The predicted molar refractivity (Wildman–Crippen MR) is 175 cm³/mol. The van der Waals surface area contributed by atoms with E-state index in [2.05, 4.69) is 15.7 Å². The van der Waals surface area contributed by atoms with Gasteiger partial charge in [0, 0.05) is 30.6 Å². The van der Waals surface area contributed by atoms with Crippen LogP contribution in [-0.2, 0) is 36.1 Å². The first-order chi connectivity index (χ1) is 21.8. The van der Waals surface area contributed by atoms with Crippen molar-refractivity contribution in [1.82, 2.24) is 9.62 Å². The van der Waals surface area contributed by atoms with Crippen LogP contribution in [0.25, 0.3) is 0 Å². The molecule has 2 aliphatic heterocycles. The number of fused-ring (bicyclic) bond motifs is 4. The Labute approximate surface area is 276 Å². The Morgan fingerprint density at radius 3 is 2.72 bits per heavy atom. The Kier molecular flexibility index (Phi) is 8.80. The second-order valence-corrected chi connectivity index (χ2v) is 15.6. The number of ether oxygens (including phenoxy) is 3. The monoisotopic (exact) mass is 671 g/mol. The number of amides is 2. The van der Waals surface area contributed by atoms with Gasteiger partial charge in [0.15, 0.2) is 0 Å². The number of carbonyl (C=O) groups is 2. The number of benzene rings is 2. The Hall–Kier alpha value is -3.28. The molecule has 0 saturated heterocycles. The van der Waals surface area contributed by atoms with Crippen molar-refractivity contribution in [1.29, 1.82) is 0 Å². The summed E-state index contributed by atoms with van der Waals surface area (Å²) in [6, 6.07) is 10.6. The molecule has 2 aromatic carbocycles. The van der Waals surface area contributed by atoms with E-state index in [9.17, 15) is 18.0 Å². The van der Waals surface area contributed by atoms with Crippen LogP contribution in [0.4, 0.5) is 10.5 Å². The molecule has 6 rings (SSSR count). The quantitative estimate of drug-likeness (QED) is 0.418. The van der Waals surface area contributed by atoms with Gasteiger partial charge < -0.3 is 24.0 Å². The summed E-state index contributed by atoms with van der Waals surface area (Å²) in [4.78, 5) is 29.8. The van der Waals surface area contributed by atoms with Crippen LogP contribution in [-0.4, -0.2) is 77.4 Å². The highest BCUT2D eigenvalue weighted by molar-refractivity contribution is 7.90. The molecule has 2 aliphatic carbocycles. The molecule has 1 fully saturated rings. The minimum absolute atomic E-state index is 0.0313. The highest BCUT2D eigenvalue weighted by atomic mass is 35.5. The maximum Gasteiger partial charge on any atom is 0.409 e.